The number of ether oxygens (including phenoxy) is 1. The number of carbonyl (C=O) groups is 1. The summed E-state index contributed by atoms with van der Waals surface area (Å²) in [5.74, 6) is -1.15. The van der Waals surface area contributed by atoms with Gasteiger partial charge in [-0.15, -0.1) is 0 Å². The molecule has 1 aromatic carbocycles. The average Bonchev–Trinajstić information content (AvgIpc) is 2.22. The van der Waals surface area contributed by atoms with Crippen molar-refractivity contribution in [3.63, 3.8) is 0 Å². The van der Waals surface area contributed by atoms with E-state index in [0.717, 1.165) is 15.6 Å². The van der Waals surface area contributed by atoms with Gasteiger partial charge in [0.25, 0.3) is 0 Å². The molecule has 0 heterocycles. The predicted molar refractivity (Wildman–Crippen MR) is 65.4 cm³/mol. The Labute approximate surface area is 104 Å². The molecule has 16 heavy (non-hydrogen) atoms. The summed E-state index contributed by atoms with van der Waals surface area (Å²) in [7, 11) is 1.63. The van der Waals surface area contributed by atoms with Crippen molar-refractivity contribution < 1.29 is 14.6 Å². The zero-order chi connectivity index (χ0) is 12.1. The molecule has 4 heteroatoms. The number of rotatable bonds is 5. The van der Waals surface area contributed by atoms with Crippen LogP contribution >= 0.6 is 15.9 Å². The van der Waals surface area contributed by atoms with Gasteiger partial charge >= 0.3 is 5.97 Å². The fourth-order valence-corrected chi connectivity index (χ4v) is 1.91. The molecule has 0 radical (unpaired) electrons. The fraction of sp³-hybridized carbons (Fsp3) is 0.417. The Kier molecular flexibility index (Phi) is 4.96. The van der Waals surface area contributed by atoms with Gasteiger partial charge in [0.15, 0.2) is 0 Å². The molecule has 1 rings (SSSR count). The van der Waals surface area contributed by atoms with E-state index in [1.807, 2.05) is 18.2 Å². The molecule has 0 aliphatic heterocycles. The van der Waals surface area contributed by atoms with Crippen LogP contribution in [0.5, 0.6) is 0 Å². The van der Waals surface area contributed by atoms with Crippen LogP contribution < -0.4 is 0 Å². The molecule has 0 aliphatic rings. The monoisotopic (exact) mass is 286 g/mol. The van der Waals surface area contributed by atoms with Crippen LogP contribution in [0.15, 0.2) is 22.7 Å². The van der Waals surface area contributed by atoms with Gasteiger partial charge in [0.2, 0.25) is 0 Å². The van der Waals surface area contributed by atoms with E-state index in [9.17, 15) is 4.79 Å². The maximum absolute atomic E-state index is 10.8. The lowest BCUT2D eigenvalue weighted by Gasteiger charge is -2.11. The number of carboxylic acid groups (broad SMARTS) is 1. The Morgan fingerprint density at radius 3 is 2.75 bits per heavy atom. The van der Waals surface area contributed by atoms with Crippen LogP contribution in [0.25, 0.3) is 0 Å². The van der Waals surface area contributed by atoms with Crippen LogP contribution in [0.1, 0.15) is 18.1 Å². The molecular weight excluding hydrogens is 272 g/mol. The van der Waals surface area contributed by atoms with E-state index < -0.39 is 5.97 Å². The highest BCUT2D eigenvalue weighted by atomic mass is 79.9. The van der Waals surface area contributed by atoms with E-state index in [0.29, 0.717) is 13.0 Å². The van der Waals surface area contributed by atoms with Crippen molar-refractivity contribution in [1.29, 1.82) is 0 Å². The van der Waals surface area contributed by atoms with Crippen molar-refractivity contribution in [3.05, 3.63) is 33.8 Å². The Bertz CT molecular complexity index is 377. The minimum Gasteiger partial charge on any atom is -0.481 e. The largest absolute Gasteiger partial charge is 0.481 e. The molecule has 0 bridgehead atoms. The van der Waals surface area contributed by atoms with Crippen LogP contribution in [0.2, 0.25) is 0 Å². The summed E-state index contributed by atoms with van der Waals surface area (Å²) >= 11 is 3.39. The third-order valence-corrected chi connectivity index (χ3v) is 2.91. The van der Waals surface area contributed by atoms with Crippen LogP contribution in [-0.2, 0) is 22.6 Å². The van der Waals surface area contributed by atoms with E-state index >= 15 is 0 Å². The average molecular weight is 287 g/mol. The third-order valence-electron chi connectivity index (χ3n) is 2.42. The first-order valence-corrected chi connectivity index (χ1v) is 5.83. The lowest BCUT2D eigenvalue weighted by Crippen LogP contribution is -2.13. The summed E-state index contributed by atoms with van der Waals surface area (Å²) in [5.41, 5.74) is 2.06. The quantitative estimate of drug-likeness (QED) is 0.905. The van der Waals surface area contributed by atoms with Crippen LogP contribution in [0.3, 0.4) is 0 Å². The van der Waals surface area contributed by atoms with Crippen LogP contribution in [0.4, 0.5) is 0 Å². The maximum Gasteiger partial charge on any atom is 0.306 e. The van der Waals surface area contributed by atoms with Gasteiger partial charge in [0.1, 0.15) is 0 Å². The van der Waals surface area contributed by atoms with Gasteiger partial charge in [-0.2, -0.15) is 0 Å². The molecule has 0 saturated carbocycles. The first-order valence-electron chi connectivity index (χ1n) is 5.03. The molecule has 0 amide bonds. The Morgan fingerprint density at radius 1 is 1.50 bits per heavy atom. The number of hydrogen-bond acceptors (Lipinski definition) is 2. The second kappa shape index (κ2) is 6.01. The Morgan fingerprint density at radius 2 is 2.19 bits per heavy atom. The van der Waals surface area contributed by atoms with Crippen molar-refractivity contribution in [2.45, 2.75) is 20.0 Å². The van der Waals surface area contributed by atoms with Gasteiger partial charge in [-0.25, -0.2) is 0 Å². The zero-order valence-electron chi connectivity index (χ0n) is 9.37. The predicted octanol–water partition coefficient (Wildman–Crippen LogP) is 2.86. The molecule has 3 nitrogen and oxygen atoms in total. The van der Waals surface area contributed by atoms with E-state index in [-0.39, 0.29) is 5.92 Å². The van der Waals surface area contributed by atoms with Gasteiger partial charge < -0.3 is 9.84 Å². The number of aliphatic carboxylic acids is 1. The standard InChI is InChI=1S/C12H15BrO3/c1-8(12(14)15)5-9-3-4-11(13)6-10(9)7-16-2/h3-4,6,8H,5,7H2,1-2H3,(H,14,15). The van der Waals surface area contributed by atoms with E-state index in [1.54, 1.807) is 14.0 Å². The Hall–Kier alpha value is -0.870. The van der Waals surface area contributed by atoms with E-state index in [2.05, 4.69) is 15.9 Å². The second-order valence-corrected chi connectivity index (χ2v) is 4.71. The topological polar surface area (TPSA) is 46.5 Å². The first kappa shape index (κ1) is 13.2. The minimum absolute atomic E-state index is 0.378. The summed E-state index contributed by atoms with van der Waals surface area (Å²) in [5, 5.41) is 8.88. The molecule has 0 aromatic heterocycles. The van der Waals surface area contributed by atoms with Crippen molar-refractivity contribution in [2.24, 2.45) is 5.92 Å². The van der Waals surface area contributed by atoms with Crippen molar-refractivity contribution >= 4 is 21.9 Å². The van der Waals surface area contributed by atoms with Gasteiger partial charge in [-0.3, -0.25) is 4.79 Å². The summed E-state index contributed by atoms with van der Waals surface area (Å²) < 4.78 is 6.08. The number of halogens is 1. The lowest BCUT2D eigenvalue weighted by atomic mass is 9.97. The van der Waals surface area contributed by atoms with Crippen LogP contribution in [-0.4, -0.2) is 18.2 Å². The molecule has 88 valence electrons. The molecular formula is C12H15BrO3. The first-order chi connectivity index (χ1) is 7.54. The lowest BCUT2D eigenvalue weighted by molar-refractivity contribution is -0.141. The van der Waals surface area contributed by atoms with Crippen LogP contribution in [0, 0.1) is 5.92 Å². The van der Waals surface area contributed by atoms with Crippen molar-refractivity contribution in [1.82, 2.24) is 0 Å². The number of benzene rings is 1. The summed E-state index contributed by atoms with van der Waals surface area (Å²) in [4.78, 5) is 10.8. The SMILES string of the molecule is COCc1cc(Br)ccc1CC(C)C(=O)O. The molecule has 1 aromatic rings. The highest BCUT2D eigenvalue weighted by molar-refractivity contribution is 9.10. The van der Waals surface area contributed by atoms with Gasteiger partial charge in [-0.05, 0) is 29.7 Å². The van der Waals surface area contributed by atoms with Gasteiger partial charge in [0, 0.05) is 11.6 Å². The second-order valence-electron chi connectivity index (χ2n) is 3.79. The normalized spacial score (nSPS) is 12.4. The highest BCUT2D eigenvalue weighted by Gasteiger charge is 2.14. The fourth-order valence-electron chi connectivity index (χ4n) is 1.50. The smallest absolute Gasteiger partial charge is 0.306 e. The molecule has 0 aliphatic carbocycles. The Balaban J connectivity index is 2.89. The summed E-state index contributed by atoms with van der Waals surface area (Å²) in [6, 6.07) is 5.83. The van der Waals surface area contributed by atoms with Gasteiger partial charge in [0.05, 0.1) is 12.5 Å². The molecule has 1 N–H and O–H groups in total. The summed E-state index contributed by atoms with van der Waals surface area (Å²) in [6.45, 7) is 2.21. The number of hydrogen-bond donors (Lipinski definition) is 1. The number of methoxy groups -OCH3 is 1. The molecule has 1 atom stereocenters. The summed E-state index contributed by atoms with van der Waals surface area (Å²) in [6.07, 6.45) is 0.529. The zero-order valence-corrected chi connectivity index (χ0v) is 11.0. The van der Waals surface area contributed by atoms with E-state index in [4.69, 9.17) is 9.84 Å². The molecule has 0 spiro atoms. The van der Waals surface area contributed by atoms with Crippen molar-refractivity contribution in [2.75, 3.05) is 7.11 Å². The molecule has 1 unspecified atom stereocenters. The van der Waals surface area contributed by atoms with Gasteiger partial charge in [-0.1, -0.05) is 28.9 Å². The van der Waals surface area contributed by atoms with E-state index in [1.165, 1.54) is 0 Å². The molecule has 0 saturated heterocycles. The third kappa shape index (κ3) is 3.61. The molecule has 0 fully saturated rings. The maximum atomic E-state index is 10.8. The number of carboxylic acids is 1. The van der Waals surface area contributed by atoms with Crippen molar-refractivity contribution in [3.8, 4) is 0 Å². The highest BCUT2D eigenvalue weighted by Crippen LogP contribution is 2.20. The minimum atomic E-state index is -0.772.